The SMILES string of the molecule is CCOc1ccc(/C=C(\OC(C)C)C(=O)O)cc1CO[Si](C)(C)C(C)(C)C. The quantitative estimate of drug-likeness (QED) is 0.342. The Bertz CT molecular complexity index is 672. The van der Waals surface area contributed by atoms with Crippen LogP contribution in [0.4, 0.5) is 0 Å². The van der Waals surface area contributed by atoms with Crippen LogP contribution < -0.4 is 4.74 Å². The topological polar surface area (TPSA) is 65.0 Å². The first kappa shape index (κ1) is 23.2. The molecule has 1 aromatic rings. The Balaban J connectivity index is 3.18. The highest BCUT2D eigenvalue weighted by atomic mass is 28.4. The van der Waals surface area contributed by atoms with Gasteiger partial charge in [-0.25, -0.2) is 4.79 Å². The normalized spacial score (nSPS) is 13.0. The van der Waals surface area contributed by atoms with Crippen LogP contribution in [-0.2, 0) is 20.6 Å². The van der Waals surface area contributed by atoms with Crippen LogP contribution in [0, 0.1) is 0 Å². The molecule has 0 atom stereocenters. The van der Waals surface area contributed by atoms with Crippen LogP contribution in [0.25, 0.3) is 6.08 Å². The molecule has 27 heavy (non-hydrogen) atoms. The summed E-state index contributed by atoms with van der Waals surface area (Å²) in [7, 11) is -1.91. The van der Waals surface area contributed by atoms with Gasteiger partial charge >= 0.3 is 5.97 Å². The monoisotopic (exact) mass is 394 g/mol. The van der Waals surface area contributed by atoms with Gasteiger partial charge in [-0.2, -0.15) is 0 Å². The van der Waals surface area contributed by atoms with Crippen LogP contribution in [0.1, 0.15) is 52.7 Å². The third kappa shape index (κ3) is 7.03. The fourth-order valence-electron chi connectivity index (χ4n) is 2.12. The molecule has 0 aliphatic heterocycles. The molecule has 0 spiro atoms. The summed E-state index contributed by atoms with van der Waals surface area (Å²) in [6.07, 6.45) is 1.32. The summed E-state index contributed by atoms with van der Waals surface area (Å²) in [5.41, 5.74) is 1.65. The molecule has 1 rings (SSSR count). The van der Waals surface area contributed by atoms with Crippen molar-refractivity contribution in [1.82, 2.24) is 0 Å². The van der Waals surface area contributed by atoms with E-state index >= 15 is 0 Å². The summed E-state index contributed by atoms with van der Waals surface area (Å²) >= 11 is 0. The number of hydrogen-bond donors (Lipinski definition) is 1. The van der Waals surface area contributed by atoms with Crippen molar-refractivity contribution in [3.63, 3.8) is 0 Å². The van der Waals surface area contributed by atoms with Gasteiger partial charge < -0.3 is 19.0 Å². The highest BCUT2D eigenvalue weighted by molar-refractivity contribution is 6.74. The lowest BCUT2D eigenvalue weighted by atomic mass is 10.1. The van der Waals surface area contributed by atoms with Crippen molar-refractivity contribution in [3.05, 3.63) is 35.1 Å². The van der Waals surface area contributed by atoms with Crippen LogP contribution >= 0.6 is 0 Å². The summed E-state index contributed by atoms with van der Waals surface area (Å²) in [6.45, 7) is 17.5. The van der Waals surface area contributed by atoms with Crippen molar-refractivity contribution in [1.29, 1.82) is 0 Å². The summed E-state index contributed by atoms with van der Waals surface area (Å²) in [4.78, 5) is 11.4. The average Bonchev–Trinajstić information content (AvgIpc) is 2.52. The molecule has 5 nitrogen and oxygen atoms in total. The molecule has 0 aromatic heterocycles. The summed E-state index contributed by atoms with van der Waals surface area (Å²) in [6, 6.07) is 5.59. The summed E-state index contributed by atoms with van der Waals surface area (Å²) < 4.78 is 17.5. The Morgan fingerprint density at radius 3 is 2.37 bits per heavy atom. The van der Waals surface area contributed by atoms with Crippen molar-refractivity contribution in [2.45, 2.75) is 72.4 Å². The Morgan fingerprint density at radius 1 is 1.26 bits per heavy atom. The van der Waals surface area contributed by atoms with E-state index in [0.29, 0.717) is 13.2 Å². The van der Waals surface area contributed by atoms with Crippen molar-refractivity contribution < 1.29 is 23.8 Å². The molecule has 0 radical (unpaired) electrons. The van der Waals surface area contributed by atoms with Gasteiger partial charge in [0.05, 0.1) is 19.3 Å². The molecule has 0 unspecified atom stereocenters. The van der Waals surface area contributed by atoms with E-state index in [4.69, 9.17) is 13.9 Å². The largest absolute Gasteiger partial charge is 0.494 e. The lowest BCUT2D eigenvalue weighted by molar-refractivity contribution is -0.137. The zero-order valence-corrected chi connectivity index (χ0v) is 18.9. The van der Waals surface area contributed by atoms with Crippen LogP contribution in [-0.4, -0.2) is 32.1 Å². The van der Waals surface area contributed by atoms with Gasteiger partial charge in [-0.05, 0) is 62.7 Å². The lowest BCUT2D eigenvalue weighted by Crippen LogP contribution is -2.40. The second kappa shape index (κ2) is 9.42. The van der Waals surface area contributed by atoms with Gasteiger partial charge in [0.25, 0.3) is 0 Å². The predicted molar refractivity (Wildman–Crippen MR) is 111 cm³/mol. The predicted octanol–water partition coefficient (Wildman–Crippen LogP) is 5.46. The standard InChI is InChI=1S/C21H34O5Si/c1-9-24-18-11-10-16(13-19(20(22)23)26-15(2)3)12-17(18)14-25-27(7,8)21(4,5)6/h10-13,15H,9,14H2,1-8H3,(H,22,23)/b19-13-. The lowest BCUT2D eigenvalue weighted by Gasteiger charge is -2.36. The van der Waals surface area contributed by atoms with Gasteiger partial charge in [-0.1, -0.05) is 26.8 Å². The van der Waals surface area contributed by atoms with Gasteiger partial charge in [0.1, 0.15) is 5.75 Å². The van der Waals surface area contributed by atoms with Crippen LogP contribution in [0.2, 0.25) is 18.1 Å². The smallest absolute Gasteiger partial charge is 0.371 e. The average molecular weight is 395 g/mol. The second-order valence-corrected chi connectivity index (χ2v) is 13.1. The highest BCUT2D eigenvalue weighted by Crippen LogP contribution is 2.37. The second-order valence-electron chi connectivity index (χ2n) is 8.33. The number of hydrogen-bond acceptors (Lipinski definition) is 4. The van der Waals surface area contributed by atoms with Crippen molar-refractivity contribution in [2.75, 3.05) is 6.61 Å². The van der Waals surface area contributed by atoms with Gasteiger partial charge in [0.2, 0.25) is 5.76 Å². The molecule has 0 aliphatic rings. The molecule has 0 saturated heterocycles. The molecule has 152 valence electrons. The molecule has 0 saturated carbocycles. The fraction of sp³-hybridized carbons (Fsp3) is 0.571. The molecule has 0 bridgehead atoms. The first-order valence-electron chi connectivity index (χ1n) is 9.38. The number of ether oxygens (including phenoxy) is 2. The Kier molecular flexibility index (Phi) is 8.11. The van der Waals surface area contributed by atoms with Crippen LogP contribution in [0.3, 0.4) is 0 Å². The Morgan fingerprint density at radius 2 is 1.89 bits per heavy atom. The number of carbonyl (C=O) groups is 1. The van der Waals surface area contributed by atoms with E-state index in [1.807, 2.05) is 25.1 Å². The van der Waals surface area contributed by atoms with Crippen molar-refractivity contribution in [3.8, 4) is 5.75 Å². The van der Waals surface area contributed by atoms with E-state index in [-0.39, 0.29) is 16.9 Å². The molecular weight excluding hydrogens is 360 g/mol. The zero-order valence-electron chi connectivity index (χ0n) is 17.9. The first-order chi connectivity index (χ1) is 12.4. The van der Waals surface area contributed by atoms with Crippen LogP contribution in [0.5, 0.6) is 5.75 Å². The number of aliphatic carboxylic acids is 1. The maximum atomic E-state index is 11.4. The van der Waals surface area contributed by atoms with Crippen LogP contribution in [0.15, 0.2) is 24.0 Å². The van der Waals surface area contributed by atoms with E-state index in [9.17, 15) is 9.90 Å². The highest BCUT2D eigenvalue weighted by Gasteiger charge is 2.37. The zero-order chi connectivity index (χ0) is 20.8. The van der Waals surface area contributed by atoms with Gasteiger partial charge in [0.15, 0.2) is 8.32 Å². The molecule has 0 amide bonds. The van der Waals surface area contributed by atoms with E-state index in [0.717, 1.165) is 16.9 Å². The minimum absolute atomic E-state index is 0.0783. The minimum Gasteiger partial charge on any atom is -0.494 e. The van der Waals surface area contributed by atoms with E-state index in [2.05, 4.69) is 33.9 Å². The maximum absolute atomic E-state index is 11.4. The van der Waals surface area contributed by atoms with Gasteiger partial charge in [-0.15, -0.1) is 0 Å². The van der Waals surface area contributed by atoms with Crippen molar-refractivity contribution in [2.24, 2.45) is 0 Å². The molecule has 0 fully saturated rings. The van der Waals surface area contributed by atoms with Gasteiger partial charge in [0, 0.05) is 5.56 Å². The molecule has 6 heteroatoms. The van der Waals surface area contributed by atoms with E-state index in [1.165, 1.54) is 6.08 Å². The number of carboxylic acid groups (broad SMARTS) is 1. The first-order valence-corrected chi connectivity index (χ1v) is 12.3. The van der Waals surface area contributed by atoms with E-state index < -0.39 is 14.3 Å². The van der Waals surface area contributed by atoms with Gasteiger partial charge in [-0.3, -0.25) is 0 Å². The number of rotatable bonds is 9. The molecular formula is C21H34O5Si. The summed E-state index contributed by atoms with van der Waals surface area (Å²) in [5.74, 6) is -0.405. The van der Waals surface area contributed by atoms with E-state index in [1.54, 1.807) is 13.8 Å². The number of carboxylic acids is 1. The Hall–Kier alpha value is -1.79. The molecule has 0 aliphatic carbocycles. The third-order valence-corrected chi connectivity index (χ3v) is 9.13. The summed E-state index contributed by atoms with van der Waals surface area (Å²) in [5, 5.41) is 9.46. The molecule has 1 N–H and O–H groups in total. The third-order valence-electron chi connectivity index (χ3n) is 4.65. The molecule has 1 aromatic carbocycles. The molecule has 0 heterocycles. The fourth-order valence-corrected chi connectivity index (χ4v) is 3.07. The number of benzene rings is 1. The maximum Gasteiger partial charge on any atom is 0.371 e. The van der Waals surface area contributed by atoms with Crippen molar-refractivity contribution >= 4 is 20.4 Å². The Labute approximate surface area is 164 Å². The minimum atomic E-state index is -1.91.